The number of hydrogen-bond acceptors (Lipinski definition) is 4. The highest BCUT2D eigenvalue weighted by molar-refractivity contribution is 7.99. The summed E-state index contributed by atoms with van der Waals surface area (Å²) in [4.78, 5) is 19.4. The number of benzene rings is 2. The Balaban J connectivity index is 1.81. The van der Waals surface area contributed by atoms with Gasteiger partial charge in [0, 0.05) is 51.4 Å². The average Bonchev–Trinajstić information content (AvgIpc) is 2.83. The average molecular weight is 403 g/mol. The van der Waals surface area contributed by atoms with Gasteiger partial charge in [-0.15, -0.1) is 0 Å². The molecule has 2 aromatic carbocycles. The van der Waals surface area contributed by atoms with Gasteiger partial charge in [-0.3, -0.25) is 9.79 Å². The van der Waals surface area contributed by atoms with Gasteiger partial charge in [0.25, 0.3) is 5.91 Å². The minimum absolute atomic E-state index is 0.0858. The summed E-state index contributed by atoms with van der Waals surface area (Å²) < 4.78 is 5.29. The van der Waals surface area contributed by atoms with E-state index in [4.69, 9.17) is 21.3 Å². The van der Waals surface area contributed by atoms with E-state index in [1.165, 1.54) is 0 Å². The summed E-state index contributed by atoms with van der Waals surface area (Å²) in [7, 11) is 0. The van der Waals surface area contributed by atoms with Crippen molar-refractivity contribution in [3.63, 3.8) is 0 Å². The lowest BCUT2D eigenvalue weighted by molar-refractivity contribution is 0.0944. The first kappa shape index (κ1) is 19.9. The predicted octanol–water partition coefficient (Wildman–Crippen LogP) is 5.49. The van der Waals surface area contributed by atoms with Crippen LogP contribution in [0.25, 0.3) is 0 Å². The van der Waals surface area contributed by atoms with Crippen LogP contribution in [0.1, 0.15) is 42.6 Å². The van der Waals surface area contributed by atoms with E-state index < -0.39 is 0 Å². The zero-order valence-electron chi connectivity index (χ0n) is 15.5. The minimum Gasteiger partial charge on any atom is -0.382 e. The summed E-state index contributed by atoms with van der Waals surface area (Å²) in [6.07, 6.45) is 1.59. The Morgan fingerprint density at radius 1 is 1.19 bits per heavy atom. The van der Waals surface area contributed by atoms with E-state index in [1.54, 1.807) is 11.8 Å². The van der Waals surface area contributed by atoms with Gasteiger partial charge in [0.2, 0.25) is 0 Å². The van der Waals surface area contributed by atoms with Crippen LogP contribution in [0, 0.1) is 0 Å². The lowest BCUT2D eigenvalue weighted by Crippen LogP contribution is -2.25. The molecular formula is C21H23ClN2O2S. The largest absolute Gasteiger partial charge is 0.382 e. The van der Waals surface area contributed by atoms with E-state index in [9.17, 15) is 4.79 Å². The lowest BCUT2D eigenvalue weighted by Gasteiger charge is -2.08. The summed E-state index contributed by atoms with van der Waals surface area (Å²) in [5.74, 6) is -0.0858. The first-order chi connectivity index (χ1) is 13.1. The van der Waals surface area contributed by atoms with Gasteiger partial charge in [-0.1, -0.05) is 30.3 Å². The molecule has 6 heteroatoms. The number of rotatable bonds is 7. The smallest absolute Gasteiger partial charge is 0.251 e. The van der Waals surface area contributed by atoms with Gasteiger partial charge < -0.3 is 10.1 Å². The molecule has 142 valence electrons. The second-order valence-electron chi connectivity index (χ2n) is 6.14. The molecule has 4 nitrogen and oxygen atoms in total. The van der Waals surface area contributed by atoms with Gasteiger partial charge in [-0.25, -0.2) is 0 Å². The van der Waals surface area contributed by atoms with Gasteiger partial charge in [0.15, 0.2) is 0 Å². The van der Waals surface area contributed by atoms with Crippen molar-refractivity contribution >= 4 is 40.7 Å². The minimum atomic E-state index is -0.0858. The Morgan fingerprint density at radius 2 is 2.00 bits per heavy atom. The zero-order chi connectivity index (χ0) is 19.2. The van der Waals surface area contributed by atoms with Crippen LogP contribution >= 0.6 is 23.4 Å². The highest BCUT2D eigenvalue weighted by Gasteiger charge is 2.18. The molecular weight excluding hydrogens is 380 g/mol. The molecule has 0 unspecified atom stereocenters. The second-order valence-corrected chi connectivity index (χ2v) is 7.66. The molecule has 2 aromatic rings. The standard InChI is InChI=1S/C21H23ClN2O2S/c1-3-17-16-13-15(22)7-9-19(16)27-20-8-6-14(12-18(20)24-17)21(25)23-10-5-11-26-4-2/h6-9,12-13H,3-5,10-11H2,1-2H3,(H,23,25). The quantitative estimate of drug-likeness (QED) is 0.623. The maximum absolute atomic E-state index is 12.4. The van der Waals surface area contributed by atoms with Crippen molar-refractivity contribution in [1.29, 1.82) is 0 Å². The number of ether oxygens (including phenoxy) is 1. The molecule has 0 aliphatic carbocycles. The van der Waals surface area contributed by atoms with Crippen LogP contribution in [0.3, 0.4) is 0 Å². The van der Waals surface area contributed by atoms with E-state index in [0.717, 1.165) is 39.6 Å². The third-order valence-electron chi connectivity index (χ3n) is 4.24. The number of carbonyl (C=O) groups excluding carboxylic acids is 1. The number of hydrogen-bond donors (Lipinski definition) is 1. The van der Waals surface area contributed by atoms with Crippen LogP contribution in [0.4, 0.5) is 5.69 Å². The lowest BCUT2D eigenvalue weighted by atomic mass is 10.1. The molecule has 0 fully saturated rings. The van der Waals surface area contributed by atoms with Crippen LogP contribution < -0.4 is 5.32 Å². The Hall–Kier alpha value is -1.82. The maximum Gasteiger partial charge on any atom is 0.251 e. The number of amides is 1. The van der Waals surface area contributed by atoms with Crippen LogP contribution in [-0.4, -0.2) is 31.4 Å². The van der Waals surface area contributed by atoms with Crippen molar-refractivity contribution in [3.8, 4) is 0 Å². The van der Waals surface area contributed by atoms with E-state index >= 15 is 0 Å². The Morgan fingerprint density at radius 3 is 2.78 bits per heavy atom. The van der Waals surface area contributed by atoms with Crippen molar-refractivity contribution in [1.82, 2.24) is 5.32 Å². The topological polar surface area (TPSA) is 50.7 Å². The molecule has 27 heavy (non-hydrogen) atoms. The highest BCUT2D eigenvalue weighted by atomic mass is 35.5. The fourth-order valence-electron chi connectivity index (χ4n) is 2.87. The van der Waals surface area contributed by atoms with Crippen LogP contribution in [0.5, 0.6) is 0 Å². The maximum atomic E-state index is 12.4. The van der Waals surface area contributed by atoms with Crippen LogP contribution in [0.15, 0.2) is 51.2 Å². The normalized spacial score (nSPS) is 12.6. The van der Waals surface area contributed by atoms with Crippen molar-refractivity contribution in [2.75, 3.05) is 19.8 Å². The molecule has 0 saturated heterocycles. The second kappa shape index (κ2) is 9.40. The van der Waals surface area contributed by atoms with Gasteiger partial charge in [-0.2, -0.15) is 0 Å². The first-order valence-corrected chi connectivity index (χ1v) is 10.4. The Kier molecular flexibility index (Phi) is 6.94. The molecule has 1 amide bonds. The van der Waals surface area contributed by atoms with Gasteiger partial charge in [-0.05, 0) is 56.2 Å². The van der Waals surface area contributed by atoms with Crippen LogP contribution in [-0.2, 0) is 4.74 Å². The molecule has 0 spiro atoms. The molecule has 1 aliphatic heterocycles. The number of carbonyl (C=O) groups is 1. The van der Waals surface area contributed by atoms with E-state index in [-0.39, 0.29) is 5.91 Å². The van der Waals surface area contributed by atoms with Crippen molar-refractivity contribution < 1.29 is 9.53 Å². The number of nitrogens with one attached hydrogen (secondary N) is 1. The third-order valence-corrected chi connectivity index (χ3v) is 5.62. The monoisotopic (exact) mass is 402 g/mol. The fraction of sp³-hybridized carbons (Fsp3) is 0.333. The number of nitrogens with zero attached hydrogens (tertiary/aromatic N) is 1. The summed E-state index contributed by atoms with van der Waals surface area (Å²) in [6, 6.07) is 11.6. The highest BCUT2D eigenvalue weighted by Crippen LogP contribution is 2.41. The summed E-state index contributed by atoms with van der Waals surface area (Å²) >= 11 is 7.84. The molecule has 3 rings (SSSR count). The van der Waals surface area contributed by atoms with Crippen molar-refractivity contribution in [2.45, 2.75) is 36.5 Å². The van der Waals surface area contributed by atoms with Gasteiger partial charge in [0.05, 0.1) is 5.69 Å². The first-order valence-electron chi connectivity index (χ1n) is 9.17. The number of halogens is 1. The SMILES string of the molecule is CCOCCCNC(=O)c1ccc2c(c1)N=C(CC)c1cc(Cl)ccc1S2. The molecule has 0 aromatic heterocycles. The Labute approximate surface area is 169 Å². The van der Waals surface area contributed by atoms with E-state index in [0.29, 0.717) is 30.3 Å². The van der Waals surface area contributed by atoms with Crippen molar-refractivity contribution in [2.24, 2.45) is 4.99 Å². The molecule has 0 radical (unpaired) electrons. The predicted molar refractivity (Wildman–Crippen MR) is 112 cm³/mol. The van der Waals surface area contributed by atoms with Crippen LogP contribution in [0.2, 0.25) is 5.02 Å². The molecule has 1 heterocycles. The van der Waals surface area contributed by atoms with Gasteiger partial charge >= 0.3 is 0 Å². The van der Waals surface area contributed by atoms with E-state index in [1.807, 2.05) is 43.3 Å². The summed E-state index contributed by atoms with van der Waals surface area (Å²) in [6.45, 7) is 5.99. The fourth-order valence-corrected chi connectivity index (χ4v) is 4.04. The Bertz CT molecular complexity index is 867. The van der Waals surface area contributed by atoms with Crippen molar-refractivity contribution in [3.05, 3.63) is 52.5 Å². The molecule has 1 N–H and O–H groups in total. The third kappa shape index (κ3) is 4.92. The van der Waals surface area contributed by atoms with Gasteiger partial charge in [0.1, 0.15) is 0 Å². The summed E-state index contributed by atoms with van der Waals surface area (Å²) in [5.41, 5.74) is 3.49. The molecule has 1 aliphatic rings. The number of aliphatic imine (C=N–C) groups is 1. The molecule has 0 atom stereocenters. The zero-order valence-corrected chi connectivity index (χ0v) is 17.1. The van der Waals surface area contributed by atoms with E-state index in [2.05, 4.69) is 12.2 Å². The number of fused-ring (bicyclic) bond motifs is 2. The summed E-state index contributed by atoms with van der Waals surface area (Å²) in [5, 5.41) is 3.64. The molecule has 0 bridgehead atoms. The molecule has 0 saturated carbocycles.